The Labute approximate surface area is 112 Å². The van der Waals surface area contributed by atoms with Gasteiger partial charge in [0.15, 0.2) is 0 Å². The van der Waals surface area contributed by atoms with Crippen molar-refractivity contribution in [2.75, 3.05) is 11.9 Å². The molecule has 0 bridgehead atoms. The van der Waals surface area contributed by atoms with Crippen molar-refractivity contribution in [2.45, 2.75) is 32.6 Å². The number of rotatable bonds is 3. The lowest BCUT2D eigenvalue weighted by molar-refractivity contribution is 0.268. The third-order valence-electron chi connectivity index (χ3n) is 4.06. The van der Waals surface area contributed by atoms with Crippen LogP contribution in [0.2, 0.25) is 0 Å². The second kappa shape index (κ2) is 5.22. The molecule has 1 fully saturated rings. The molecule has 2 heterocycles. The van der Waals surface area contributed by atoms with E-state index in [9.17, 15) is 0 Å². The van der Waals surface area contributed by atoms with Crippen molar-refractivity contribution in [2.24, 2.45) is 11.8 Å². The predicted octanol–water partition coefficient (Wildman–Crippen LogP) is 3.93. The molecular formula is C14H19N3S. The van der Waals surface area contributed by atoms with E-state index >= 15 is 0 Å². The fourth-order valence-corrected chi connectivity index (χ4v) is 3.65. The lowest BCUT2D eigenvalue weighted by Gasteiger charge is -2.28. The van der Waals surface area contributed by atoms with Gasteiger partial charge >= 0.3 is 0 Å². The Bertz CT molecular complexity index is 522. The highest BCUT2D eigenvalue weighted by atomic mass is 32.1. The van der Waals surface area contributed by atoms with E-state index in [2.05, 4.69) is 33.7 Å². The van der Waals surface area contributed by atoms with Crippen molar-refractivity contribution in [3.8, 4) is 0 Å². The molecule has 2 atom stereocenters. The molecule has 96 valence electrons. The lowest BCUT2D eigenvalue weighted by atomic mass is 9.80. The van der Waals surface area contributed by atoms with E-state index < -0.39 is 0 Å². The zero-order valence-corrected chi connectivity index (χ0v) is 11.5. The van der Waals surface area contributed by atoms with Crippen LogP contribution in [0.25, 0.3) is 10.2 Å². The van der Waals surface area contributed by atoms with Gasteiger partial charge in [0.25, 0.3) is 0 Å². The smallest absolute Gasteiger partial charge is 0.147 e. The zero-order chi connectivity index (χ0) is 12.4. The fraction of sp³-hybridized carbons (Fsp3) is 0.571. The Morgan fingerprint density at radius 1 is 1.33 bits per heavy atom. The maximum atomic E-state index is 4.38. The summed E-state index contributed by atoms with van der Waals surface area (Å²) >= 11 is 1.71. The van der Waals surface area contributed by atoms with Crippen molar-refractivity contribution >= 4 is 27.4 Å². The van der Waals surface area contributed by atoms with Crippen molar-refractivity contribution in [3.05, 3.63) is 17.8 Å². The van der Waals surface area contributed by atoms with E-state index in [0.29, 0.717) is 0 Å². The molecule has 4 heteroatoms. The molecule has 2 aromatic heterocycles. The molecule has 0 amide bonds. The van der Waals surface area contributed by atoms with E-state index in [4.69, 9.17) is 0 Å². The first-order chi connectivity index (χ1) is 8.84. The van der Waals surface area contributed by atoms with Gasteiger partial charge in [-0.3, -0.25) is 0 Å². The number of fused-ring (bicyclic) bond motifs is 1. The maximum absolute atomic E-state index is 4.38. The molecule has 3 rings (SSSR count). The molecule has 2 unspecified atom stereocenters. The molecule has 1 aliphatic carbocycles. The van der Waals surface area contributed by atoms with Gasteiger partial charge in [-0.05, 0) is 29.7 Å². The first-order valence-electron chi connectivity index (χ1n) is 6.76. The van der Waals surface area contributed by atoms with E-state index in [1.807, 2.05) is 0 Å². The monoisotopic (exact) mass is 261 g/mol. The van der Waals surface area contributed by atoms with Gasteiger partial charge in [-0.2, -0.15) is 0 Å². The van der Waals surface area contributed by atoms with E-state index in [1.165, 1.54) is 30.4 Å². The summed E-state index contributed by atoms with van der Waals surface area (Å²) < 4.78 is 1.18. The highest BCUT2D eigenvalue weighted by Gasteiger charge is 2.21. The number of hydrogen-bond acceptors (Lipinski definition) is 4. The molecule has 1 saturated carbocycles. The van der Waals surface area contributed by atoms with Gasteiger partial charge in [0, 0.05) is 6.54 Å². The van der Waals surface area contributed by atoms with Gasteiger partial charge < -0.3 is 5.32 Å². The minimum atomic E-state index is 0.795. The van der Waals surface area contributed by atoms with Gasteiger partial charge in [0.2, 0.25) is 0 Å². The molecule has 0 saturated heterocycles. The first-order valence-corrected chi connectivity index (χ1v) is 7.64. The molecule has 18 heavy (non-hydrogen) atoms. The minimum Gasteiger partial charge on any atom is -0.368 e. The van der Waals surface area contributed by atoms with Crippen LogP contribution in [-0.4, -0.2) is 16.5 Å². The number of thiophene rings is 1. The zero-order valence-electron chi connectivity index (χ0n) is 10.7. The third kappa shape index (κ3) is 2.34. The van der Waals surface area contributed by atoms with Crippen molar-refractivity contribution in [3.63, 3.8) is 0 Å². The summed E-state index contributed by atoms with van der Waals surface area (Å²) in [6.07, 6.45) is 7.17. The normalized spacial score (nSPS) is 24.3. The molecule has 0 spiro atoms. The SMILES string of the molecule is CC1CCCCC1CNc1ncnc2ccsc12. The van der Waals surface area contributed by atoms with Crippen molar-refractivity contribution < 1.29 is 0 Å². The van der Waals surface area contributed by atoms with Crippen molar-refractivity contribution in [1.82, 2.24) is 9.97 Å². The Morgan fingerprint density at radius 3 is 3.11 bits per heavy atom. The van der Waals surface area contributed by atoms with Gasteiger partial charge in [-0.15, -0.1) is 11.3 Å². The van der Waals surface area contributed by atoms with Crippen molar-refractivity contribution in [1.29, 1.82) is 0 Å². The summed E-state index contributed by atoms with van der Waals surface area (Å²) in [7, 11) is 0. The second-order valence-corrected chi connectivity index (χ2v) is 6.18. The number of hydrogen-bond donors (Lipinski definition) is 1. The van der Waals surface area contributed by atoms with Crippen LogP contribution in [0.5, 0.6) is 0 Å². The maximum Gasteiger partial charge on any atom is 0.147 e. The Morgan fingerprint density at radius 2 is 2.22 bits per heavy atom. The van der Waals surface area contributed by atoms with E-state index in [1.54, 1.807) is 17.7 Å². The van der Waals surface area contributed by atoms with Crippen LogP contribution in [0.3, 0.4) is 0 Å². The largest absolute Gasteiger partial charge is 0.368 e. The highest BCUT2D eigenvalue weighted by molar-refractivity contribution is 7.17. The molecule has 2 aromatic rings. The Kier molecular flexibility index (Phi) is 3.46. The fourth-order valence-electron chi connectivity index (χ4n) is 2.84. The quantitative estimate of drug-likeness (QED) is 0.909. The van der Waals surface area contributed by atoms with Crippen LogP contribution < -0.4 is 5.32 Å². The van der Waals surface area contributed by atoms with E-state index in [-0.39, 0.29) is 0 Å². The number of anilines is 1. The van der Waals surface area contributed by atoms with Crippen LogP contribution in [0, 0.1) is 11.8 Å². The van der Waals surface area contributed by atoms with Gasteiger partial charge in [-0.25, -0.2) is 9.97 Å². The summed E-state index contributed by atoms with van der Waals surface area (Å²) in [5.74, 6) is 2.64. The molecule has 1 aliphatic rings. The van der Waals surface area contributed by atoms with Crippen LogP contribution in [0.1, 0.15) is 32.6 Å². The second-order valence-electron chi connectivity index (χ2n) is 5.26. The molecule has 1 N–H and O–H groups in total. The average Bonchev–Trinajstić information content (AvgIpc) is 2.86. The first kappa shape index (κ1) is 11.9. The molecule has 0 aromatic carbocycles. The summed E-state index contributed by atoms with van der Waals surface area (Å²) in [5.41, 5.74) is 1.05. The minimum absolute atomic E-state index is 0.795. The predicted molar refractivity (Wildman–Crippen MR) is 77.0 cm³/mol. The lowest BCUT2D eigenvalue weighted by Crippen LogP contribution is -2.24. The van der Waals surface area contributed by atoms with Gasteiger partial charge in [0.05, 0.1) is 10.2 Å². The number of aromatic nitrogens is 2. The summed E-state index contributed by atoms with van der Waals surface area (Å²) in [6, 6.07) is 2.05. The Balaban J connectivity index is 1.71. The number of nitrogens with one attached hydrogen (secondary N) is 1. The summed E-state index contributed by atoms with van der Waals surface area (Å²) in [4.78, 5) is 8.65. The van der Waals surface area contributed by atoms with Crippen LogP contribution in [0.15, 0.2) is 17.8 Å². The highest BCUT2D eigenvalue weighted by Crippen LogP contribution is 2.31. The van der Waals surface area contributed by atoms with Crippen LogP contribution in [-0.2, 0) is 0 Å². The molecule has 3 nitrogen and oxygen atoms in total. The van der Waals surface area contributed by atoms with Gasteiger partial charge in [-0.1, -0.05) is 26.2 Å². The molecule has 0 radical (unpaired) electrons. The summed E-state index contributed by atoms with van der Waals surface area (Å²) in [5, 5.41) is 5.61. The van der Waals surface area contributed by atoms with E-state index in [0.717, 1.165) is 29.7 Å². The van der Waals surface area contributed by atoms with Crippen LogP contribution >= 0.6 is 11.3 Å². The molecule has 0 aliphatic heterocycles. The third-order valence-corrected chi connectivity index (χ3v) is 4.97. The Hall–Kier alpha value is -1.16. The average molecular weight is 261 g/mol. The standard InChI is InChI=1S/C14H19N3S/c1-10-4-2-3-5-11(10)8-15-14-13-12(6-7-18-13)16-9-17-14/h6-7,9-11H,2-5,8H2,1H3,(H,15,16,17). The number of nitrogens with zero attached hydrogens (tertiary/aromatic N) is 2. The summed E-state index contributed by atoms with van der Waals surface area (Å²) in [6.45, 7) is 3.43. The van der Waals surface area contributed by atoms with Crippen LogP contribution in [0.4, 0.5) is 5.82 Å². The topological polar surface area (TPSA) is 37.8 Å². The molecular weight excluding hydrogens is 242 g/mol. The van der Waals surface area contributed by atoms with Gasteiger partial charge in [0.1, 0.15) is 12.1 Å².